The first-order valence-corrected chi connectivity index (χ1v) is 5.86. The number of rotatable bonds is 5. The minimum absolute atomic E-state index is 0.328. The second-order valence-corrected chi connectivity index (χ2v) is 4.17. The van der Waals surface area contributed by atoms with E-state index in [1.54, 1.807) is 24.4 Å². The number of carbonyl (C=O) groups is 1. The number of carbonyl (C=O) groups excluding carboxylic acids is 1. The lowest BCUT2D eigenvalue weighted by molar-refractivity contribution is 0.0996. The van der Waals surface area contributed by atoms with Crippen LogP contribution in [0.25, 0.3) is 0 Å². The molecular weight excluding hydrogens is 244 g/mol. The highest BCUT2D eigenvalue weighted by atomic mass is 16.5. The Balaban J connectivity index is 2.05. The van der Waals surface area contributed by atoms with Crippen molar-refractivity contribution < 1.29 is 9.53 Å². The van der Waals surface area contributed by atoms with E-state index in [0.717, 1.165) is 5.82 Å². The van der Waals surface area contributed by atoms with E-state index in [-0.39, 0.29) is 0 Å². The lowest BCUT2D eigenvalue weighted by Gasteiger charge is -2.10. The van der Waals surface area contributed by atoms with Crippen molar-refractivity contribution in [3.8, 4) is 5.75 Å². The highest BCUT2D eigenvalue weighted by molar-refractivity contribution is 5.96. The Morgan fingerprint density at radius 3 is 2.89 bits per heavy atom. The maximum atomic E-state index is 11.3. The topological polar surface area (TPSA) is 96.2 Å². The Hall–Kier alpha value is -2.50. The van der Waals surface area contributed by atoms with Gasteiger partial charge >= 0.3 is 0 Å². The number of nitrogen functional groups attached to an aromatic ring is 1. The molecule has 1 aromatic carbocycles. The summed E-state index contributed by atoms with van der Waals surface area (Å²) in [7, 11) is 1.91. The molecule has 19 heavy (non-hydrogen) atoms. The lowest BCUT2D eigenvalue weighted by Crippen LogP contribution is -2.14. The van der Waals surface area contributed by atoms with E-state index in [9.17, 15) is 4.79 Å². The number of ether oxygens (including phenoxy) is 1. The van der Waals surface area contributed by atoms with Crippen LogP contribution in [0.2, 0.25) is 0 Å². The van der Waals surface area contributed by atoms with Crippen LogP contribution in [0.15, 0.2) is 30.6 Å². The van der Waals surface area contributed by atoms with Crippen LogP contribution in [0.5, 0.6) is 5.75 Å². The Labute approximate surface area is 111 Å². The second-order valence-electron chi connectivity index (χ2n) is 4.17. The predicted octanol–water partition coefficient (Wildman–Crippen LogP) is 0.723. The fourth-order valence-corrected chi connectivity index (χ4v) is 1.75. The Kier molecular flexibility index (Phi) is 3.70. The van der Waals surface area contributed by atoms with Crippen LogP contribution in [0.1, 0.15) is 16.2 Å². The van der Waals surface area contributed by atoms with E-state index in [1.165, 1.54) is 0 Å². The minimum Gasteiger partial charge on any atom is -0.492 e. The molecule has 0 aliphatic heterocycles. The molecule has 0 saturated heterocycles. The summed E-state index contributed by atoms with van der Waals surface area (Å²) in [5, 5.41) is 0. The number of nitrogens with zero attached hydrogens (tertiary/aromatic N) is 2. The van der Waals surface area contributed by atoms with Crippen LogP contribution >= 0.6 is 0 Å². The maximum absolute atomic E-state index is 11.3. The first-order chi connectivity index (χ1) is 9.08. The molecule has 0 bridgehead atoms. The number of amides is 1. The van der Waals surface area contributed by atoms with Gasteiger partial charge in [-0.3, -0.25) is 4.79 Å². The van der Waals surface area contributed by atoms with E-state index in [1.807, 2.05) is 17.8 Å². The van der Waals surface area contributed by atoms with Crippen molar-refractivity contribution in [3.05, 3.63) is 42.0 Å². The Bertz CT molecular complexity index is 592. The van der Waals surface area contributed by atoms with Crippen molar-refractivity contribution in [2.24, 2.45) is 12.8 Å². The largest absolute Gasteiger partial charge is 0.492 e. The van der Waals surface area contributed by atoms with Crippen molar-refractivity contribution >= 4 is 11.6 Å². The molecule has 0 atom stereocenters. The summed E-state index contributed by atoms with van der Waals surface area (Å²) in [5.41, 5.74) is 11.8. The first-order valence-electron chi connectivity index (χ1n) is 5.86. The van der Waals surface area contributed by atoms with Crippen molar-refractivity contribution in [2.45, 2.75) is 6.42 Å². The lowest BCUT2D eigenvalue weighted by atomic mass is 10.1. The van der Waals surface area contributed by atoms with Crippen molar-refractivity contribution in [1.29, 1.82) is 0 Å². The maximum Gasteiger partial charge on any atom is 0.252 e. The summed E-state index contributed by atoms with van der Waals surface area (Å²) in [6.45, 7) is 0.397. The highest BCUT2D eigenvalue weighted by Gasteiger charge is 2.10. The van der Waals surface area contributed by atoms with Gasteiger partial charge in [0.05, 0.1) is 12.2 Å². The van der Waals surface area contributed by atoms with Crippen LogP contribution in [-0.2, 0) is 13.5 Å². The zero-order valence-corrected chi connectivity index (χ0v) is 10.7. The number of aromatic nitrogens is 2. The van der Waals surface area contributed by atoms with Crippen molar-refractivity contribution in [1.82, 2.24) is 9.55 Å². The van der Waals surface area contributed by atoms with Crippen LogP contribution in [-0.4, -0.2) is 22.1 Å². The summed E-state index contributed by atoms with van der Waals surface area (Å²) in [6, 6.07) is 4.78. The zero-order chi connectivity index (χ0) is 13.8. The average Bonchev–Trinajstić information content (AvgIpc) is 2.75. The van der Waals surface area contributed by atoms with Crippen LogP contribution in [0, 0.1) is 0 Å². The predicted molar refractivity (Wildman–Crippen MR) is 71.8 cm³/mol. The van der Waals surface area contributed by atoms with E-state index in [0.29, 0.717) is 30.0 Å². The molecule has 0 aliphatic carbocycles. The van der Waals surface area contributed by atoms with Gasteiger partial charge in [0.25, 0.3) is 5.91 Å². The Morgan fingerprint density at radius 2 is 2.26 bits per heavy atom. The third-order valence-corrected chi connectivity index (χ3v) is 2.78. The van der Waals surface area contributed by atoms with Gasteiger partial charge in [0, 0.05) is 37.6 Å². The summed E-state index contributed by atoms with van der Waals surface area (Å²) >= 11 is 0. The van der Waals surface area contributed by atoms with Crippen molar-refractivity contribution in [2.75, 3.05) is 12.3 Å². The normalized spacial score (nSPS) is 10.4. The van der Waals surface area contributed by atoms with Crippen LogP contribution in [0.3, 0.4) is 0 Å². The standard InChI is InChI=1S/C13H16N4O2/c1-17-6-5-16-12(17)4-7-19-11-8-9(14)2-3-10(11)13(15)18/h2-3,5-6,8H,4,7,14H2,1H3,(H2,15,18). The van der Waals surface area contributed by atoms with E-state index in [2.05, 4.69) is 4.98 Å². The van der Waals surface area contributed by atoms with Gasteiger partial charge < -0.3 is 20.8 Å². The number of imidazole rings is 1. The summed E-state index contributed by atoms with van der Waals surface area (Å²) in [6.07, 6.45) is 4.23. The molecule has 1 aromatic heterocycles. The molecule has 6 nitrogen and oxygen atoms in total. The summed E-state index contributed by atoms with van der Waals surface area (Å²) in [4.78, 5) is 15.5. The molecule has 6 heteroatoms. The molecule has 0 saturated carbocycles. The fraction of sp³-hybridized carbons (Fsp3) is 0.231. The molecule has 0 unspecified atom stereocenters. The molecule has 0 spiro atoms. The molecule has 2 rings (SSSR count). The monoisotopic (exact) mass is 260 g/mol. The molecule has 1 amide bonds. The molecule has 100 valence electrons. The van der Waals surface area contributed by atoms with Gasteiger partial charge in [-0.05, 0) is 12.1 Å². The Morgan fingerprint density at radius 1 is 1.47 bits per heavy atom. The number of benzene rings is 1. The molecule has 1 heterocycles. The van der Waals surface area contributed by atoms with Crippen LogP contribution < -0.4 is 16.2 Å². The fourth-order valence-electron chi connectivity index (χ4n) is 1.75. The number of hydrogen-bond acceptors (Lipinski definition) is 4. The minimum atomic E-state index is -0.535. The van der Waals surface area contributed by atoms with Crippen molar-refractivity contribution in [3.63, 3.8) is 0 Å². The third-order valence-electron chi connectivity index (χ3n) is 2.78. The van der Waals surface area contributed by atoms with Gasteiger partial charge in [-0.25, -0.2) is 4.98 Å². The molecular formula is C13H16N4O2. The smallest absolute Gasteiger partial charge is 0.252 e. The molecule has 0 aliphatic rings. The number of anilines is 1. The molecule has 4 N–H and O–H groups in total. The number of hydrogen-bond donors (Lipinski definition) is 2. The van der Waals surface area contributed by atoms with Crippen LogP contribution in [0.4, 0.5) is 5.69 Å². The van der Waals surface area contributed by atoms with Gasteiger partial charge in [-0.2, -0.15) is 0 Å². The first kappa shape index (κ1) is 12.9. The molecule has 0 radical (unpaired) electrons. The van der Waals surface area contributed by atoms with Gasteiger partial charge in [0.2, 0.25) is 0 Å². The highest BCUT2D eigenvalue weighted by Crippen LogP contribution is 2.21. The van der Waals surface area contributed by atoms with E-state index < -0.39 is 5.91 Å². The molecule has 0 fully saturated rings. The zero-order valence-electron chi connectivity index (χ0n) is 10.7. The second kappa shape index (κ2) is 5.43. The average molecular weight is 260 g/mol. The molecule has 2 aromatic rings. The van der Waals surface area contributed by atoms with Gasteiger partial charge in [-0.15, -0.1) is 0 Å². The summed E-state index contributed by atoms with van der Waals surface area (Å²) < 4.78 is 7.49. The third kappa shape index (κ3) is 3.04. The number of aryl methyl sites for hydroxylation is 1. The van der Waals surface area contributed by atoms with Gasteiger partial charge in [0.15, 0.2) is 0 Å². The number of nitrogens with two attached hydrogens (primary N) is 2. The number of primary amides is 1. The quantitative estimate of drug-likeness (QED) is 0.774. The van der Waals surface area contributed by atoms with E-state index >= 15 is 0 Å². The van der Waals surface area contributed by atoms with Gasteiger partial charge in [-0.1, -0.05) is 0 Å². The van der Waals surface area contributed by atoms with E-state index in [4.69, 9.17) is 16.2 Å². The summed E-state index contributed by atoms with van der Waals surface area (Å²) in [5.74, 6) is 0.776. The van der Waals surface area contributed by atoms with Gasteiger partial charge in [0.1, 0.15) is 11.6 Å². The SMILES string of the molecule is Cn1ccnc1CCOc1cc(N)ccc1C(N)=O.